The smallest absolute Gasteiger partial charge is 0.159 e. The van der Waals surface area contributed by atoms with Gasteiger partial charge in [0, 0.05) is 42.2 Å². The van der Waals surface area contributed by atoms with Gasteiger partial charge in [0.1, 0.15) is 0 Å². The van der Waals surface area contributed by atoms with Crippen molar-refractivity contribution in [2.24, 2.45) is 0 Å². The Hall–Kier alpha value is -2.83. The van der Waals surface area contributed by atoms with E-state index in [0.717, 1.165) is 34.8 Å². The summed E-state index contributed by atoms with van der Waals surface area (Å²) >= 11 is 1.71. The van der Waals surface area contributed by atoms with Gasteiger partial charge in [-0.25, -0.2) is 9.97 Å². The van der Waals surface area contributed by atoms with E-state index < -0.39 is 0 Å². The van der Waals surface area contributed by atoms with E-state index in [1.807, 2.05) is 36.8 Å². The Kier molecular flexibility index (Phi) is 4.86. The van der Waals surface area contributed by atoms with Gasteiger partial charge in [0.15, 0.2) is 5.82 Å². The molecular formula is C20H19N5S. The zero-order valence-electron chi connectivity index (χ0n) is 14.4. The molecule has 0 radical (unpaired) electrons. The van der Waals surface area contributed by atoms with Crippen molar-refractivity contribution in [3.05, 3.63) is 77.1 Å². The molecule has 5 nitrogen and oxygen atoms in total. The molecule has 0 amide bonds. The van der Waals surface area contributed by atoms with Crippen LogP contribution in [0.3, 0.4) is 0 Å². The molecule has 6 heteroatoms. The number of benzene rings is 1. The Balaban J connectivity index is 1.38. The van der Waals surface area contributed by atoms with Gasteiger partial charge in [-0.1, -0.05) is 29.8 Å². The third-order valence-electron chi connectivity index (χ3n) is 4.11. The van der Waals surface area contributed by atoms with Crippen molar-refractivity contribution < 1.29 is 0 Å². The van der Waals surface area contributed by atoms with Crippen LogP contribution in [0.25, 0.3) is 22.0 Å². The van der Waals surface area contributed by atoms with E-state index in [0.29, 0.717) is 6.54 Å². The molecule has 0 saturated heterocycles. The molecule has 1 aromatic carbocycles. The van der Waals surface area contributed by atoms with Crippen molar-refractivity contribution in [1.82, 2.24) is 25.5 Å². The lowest BCUT2D eigenvalue weighted by molar-refractivity contribution is 0.690. The normalized spacial score (nSPS) is 11.0. The van der Waals surface area contributed by atoms with Crippen molar-refractivity contribution in [2.75, 3.05) is 0 Å². The summed E-state index contributed by atoms with van der Waals surface area (Å²) in [5.74, 6) is 0.757. The Labute approximate surface area is 156 Å². The predicted molar refractivity (Wildman–Crippen MR) is 105 cm³/mol. The van der Waals surface area contributed by atoms with Crippen LogP contribution in [-0.2, 0) is 13.1 Å². The molecule has 3 aromatic heterocycles. The summed E-state index contributed by atoms with van der Waals surface area (Å²) in [5.41, 5.74) is 5.55. The molecule has 2 N–H and O–H groups in total. The summed E-state index contributed by atoms with van der Waals surface area (Å²) in [6.45, 7) is 3.52. The highest BCUT2D eigenvalue weighted by molar-refractivity contribution is 7.13. The molecule has 0 saturated carbocycles. The highest BCUT2D eigenvalue weighted by Gasteiger charge is 2.08. The van der Waals surface area contributed by atoms with Crippen LogP contribution in [0, 0.1) is 6.92 Å². The minimum atomic E-state index is 0.711. The van der Waals surface area contributed by atoms with Gasteiger partial charge in [0.2, 0.25) is 0 Å². The van der Waals surface area contributed by atoms with E-state index in [2.05, 4.69) is 56.0 Å². The van der Waals surface area contributed by atoms with Crippen molar-refractivity contribution in [3.63, 3.8) is 0 Å². The van der Waals surface area contributed by atoms with Crippen LogP contribution in [0.5, 0.6) is 0 Å². The lowest BCUT2D eigenvalue weighted by Crippen LogP contribution is -2.13. The van der Waals surface area contributed by atoms with E-state index in [1.165, 1.54) is 10.4 Å². The first kappa shape index (κ1) is 16.6. The van der Waals surface area contributed by atoms with Crippen molar-refractivity contribution >= 4 is 11.3 Å². The molecule has 0 aliphatic rings. The summed E-state index contributed by atoms with van der Waals surface area (Å²) in [5, 5.41) is 12.8. The van der Waals surface area contributed by atoms with Crippen LogP contribution < -0.4 is 5.32 Å². The van der Waals surface area contributed by atoms with E-state index in [4.69, 9.17) is 0 Å². The minimum absolute atomic E-state index is 0.711. The number of hydrogen-bond donors (Lipinski definition) is 2. The highest BCUT2D eigenvalue weighted by Crippen LogP contribution is 2.25. The third-order valence-corrected chi connectivity index (χ3v) is 5.00. The molecule has 130 valence electrons. The highest BCUT2D eigenvalue weighted by atomic mass is 32.1. The van der Waals surface area contributed by atoms with Crippen LogP contribution in [-0.4, -0.2) is 20.2 Å². The second-order valence-corrected chi connectivity index (χ2v) is 7.08. The van der Waals surface area contributed by atoms with Crippen LogP contribution in [0.4, 0.5) is 0 Å². The van der Waals surface area contributed by atoms with Crippen molar-refractivity contribution in [3.8, 4) is 22.0 Å². The van der Waals surface area contributed by atoms with Gasteiger partial charge in [-0.3, -0.25) is 5.10 Å². The van der Waals surface area contributed by atoms with Crippen LogP contribution in [0.2, 0.25) is 0 Å². The van der Waals surface area contributed by atoms with Gasteiger partial charge in [0.25, 0.3) is 0 Å². The molecule has 0 bridgehead atoms. The number of aromatic nitrogens is 4. The number of hydrogen-bond acceptors (Lipinski definition) is 5. The summed E-state index contributed by atoms with van der Waals surface area (Å²) in [4.78, 5) is 10.2. The molecule has 0 spiro atoms. The zero-order valence-corrected chi connectivity index (χ0v) is 15.3. The molecular weight excluding hydrogens is 342 g/mol. The Morgan fingerprint density at radius 3 is 2.69 bits per heavy atom. The average Bonchev–Trinajstić information content (AvgIpc) is 3.34. The summed E-state index contributed by atoms with van der Waals surface area (Å²) in [6, 6.07) is 12.4. The maximum Gasteiger partial charge on any atom is 0.159 e. The average molecular weight is 361 g/mol. The zero-order chi connectivity index (χ0) is 17.8. The molecule has 4 rings (SSSR count). The minimum Gasteiger partial charge on any atom is -0.308 e. The van der Waals surface area contributed by atoms with Gasteiger partial charge < -0.3 is 5.32 Å². The quantitative estimate of drug-likeness (QED) is 0.540. The Morgan fingerprint density at radius 1 is 1.04 bits per heavy atom. The fraction of sp³-hybridized carbons (Fsp3) is 0.150. The molecule has 3 heterocycles. The first-order chi connectivity index (χ1) is 12.8. The Morgan fingerprint density at radius 2 is 1.92 bits per heavy atom. The summed E-state index contributed by atoms with van der Waals surface area (Å²) in [7, 11) is 0. The number of thiophene rings is 1. The van der Waals surface area contributed by atoms with Gasteiger partial charge >= 0.3 is 0 Å². The second-order valence-electron chi connectivity index (χ2n) is 6.14. The largest absolute Gasteiger partial charge is 0.308 e. The van der Waals surface area contributed by atoms with E-state index in [9.17, 15) is 0 Å². The first-order valence-electron chi connectivity index (χ1n) is 8.44. The molecule has 0 aliphatic heterocycles. The van der Waals surface area contributed by atoms with Crippen LogP contribution in [0.15, 0.2) is 60.4 Å². The maximum absolute atomic E-state index is 4.50. The molecule has 26 heavy (non-hydrogen) atoms. The lowest BCUT2D eigenvalue weighted by Gasteiger charge is -2.06. The van der Waals surface area contributed by atoms with Crippen molar-refractivity contribution in [2.45, 2.75) is 20.0 Å². The molecule has 0 atom stereocenters. The number of nitrogens with zero attached hydrogens (tertiary/aromatic N) is 3. The molecule has 0 fully saturated rings. The van der Waals surface area contributed by atoms with Gasteiger partial charge in [-0.05, 0) is 24.4 Å². The number of H-pyrrole nitrogens is 1. The first-order valence-corrected chi connectivity index (χ1v) is 9.32. The van der Waals surface area contributed by atoms with Gasteiger partial charge in [-0.2, -0.15) is 5.10 Å². The summed E-state index contributed by atoms with van der Waals surface area (Å²) < 4.78 is 0. The monoisotopic (exact) mass is 361 g/mol. The number of nitrogens with one attached hydrogen (secondary N) is 2. The van der Waals surface area contributed by atoms with E-state index in [1.54, 1.807) is 11.3 Å². The summed E-state index contributed by atoms with van der Waals surface area (Å²) in [6.07, 6.45) is 5.64. The van der Waals surface area contributed by atoms with Crippen LogP contribution >= 0.6 is 11.3 Å². The maximum atomic E-state index is 4.50. The fourth-order valence-electron chi connectivity index (χ4n) is 2.80. The SMILES string of the molecule is Cc1cccc(-c2ncc(CNCc3cn[nH]c3-c3cccs3)cn2)c1. The molecule has 4 aromatic rings. The van der Waals surface area contributed by atoms with Crippen molar-refractivity contribution in [1.29, 1.82) is 0 Å². The molecule has 0 aliphatic carbocycles. The number of aryl methyl sites for hydroxylation is 1. The van der Waals surface area contributed by atoms with E-state index in [-0.39, 0.29) is 0 Å². The predicted octanol–water partition coefficient (Wildman–Crippen LogP) is 4.19. The second kappa shape index (κ2) is 7.59. The van der Waals surface area contributed by atoms with Crippen LogP contribution in [0.1, 0.15) is 16.7 Å². The fourth-order valence-corrected chi connectivity index (χ4v) is 3.56. The topological polar surface area (TPSA) is 66.5 Å². The Bertz CT molecular complexity index is 974. The lowest BCUT2D eigenvalue weighted by atomic mass is 10.1. The van der Waals surface area contributed by atoms with Gasteiger partial charge in [-0.15, -0.1) is 11.3 Å². The van der Waals surface area contributed by atoms with E-state index >= 15 is 0 Å². The standard InChI is InChI=1S/C20H19N5S/c1-14-4-2-5-16(8-14)20-22-10-15(11-23-20)9-21-12-17-13-24-25-19(17)18-6-3-7-26-18/h2-8,10-11,13,21H,9,12H2,1H3,(H,24,25). The van der Waals surface area contributed by atoms with Gasteiger partial charge in [0.05, 0.1) is 16.8 Å². The number of rotatable bonds is 6. The molecule has 0 unspecified atom stereocenters. The third kappa shape index (κ3) is 3.71. The number of aromatic amines is 1.